The molecule has 1 aromatic rings. The van der Waals surface area contributed by atoms with Crippen LogP contribution in [-0.2, 0) is 11.2 Å². The number of allylic oxidation sites excluding steroid dienone is 1. The second kappa shape index (κ2) is 4.63. The van der Waals surface area contributed by atoms with Crippen LogP contribution >= 0.6 is 0 Å². The molecule has 0 unspecified atom stereocenters. The molecule has 15 heavy (non-hydrogen) atoms. The minimum Gasteiger partial charge on any atom is -0.478 e. The maximum atomic E-state index is 13.0. The van der Waals surface area contributed by atoms with Crippen molar-refractivity contribution in [2.75, 3.05) is 0 Å². The molecule has 0 saturated heterocycles. The van der Waals surface area contributed by atoms with Gasteiger partial charge in [0.25, 0.3) is 0 Å². The monoisotopic (exact) mass is 216 g/mol. The van der Waals surface area contributed by atoms with Gasteiger partial charge in [0.15, 0.2) is 11.6 Å². The fourth-order valence-corrected chi connectivity index (χ4v) is 1.01. The molecule has 2 nitrogen and oxygen atoms in total. The van der Waals surface area contributed by atoms with Crippen molar-refractivity contribution in [1.82, 2.24) is 0 Å². The first-order valence-electron chi connectivity index (χ1n) is 4.03. The largest absolute Gasteiger partial charge is 0.478 e. The van der Waals surface area contributed by atoms with Gasteiger partial charge in [-0.2, -0.15) is 0 Å². The van der Waals surface area contributed by atoms with Crippen LogP contribution in [0.4, 0.5) is 13.2 Å². The highest BCUT2D eigenvalue weighted by molar-refractivity contribution is 5.79. The zero-order valence-corrected chi connectivity index (χ0v) is 7.51. The lowest BCUT2D eigenvalue weighted by atomic mass is 10.1. The molecule has 5 heteroatoms. The van der Waals surface area contributed by atoms with Crippen LogP contribution in [0.5, 0.6) is 0 Å². The first-order chi connectivity index (χ1) is 7.00. The van der Waals surface area contributed by atoms with Crippen molar-refractivity contribution in [3.63, 3.8) is 0 Å². The van der Waals surface area contributed by atoms with Gasteiger partial charge in [0.05, 0.1) is 0 Å². The van der Waals surface area contributed by atoms with E-state index in [4.69, 9.17) is 5.11 Å². The molecule has 1 N–H and O–H groups in total. The van der Waals surface area contributed by atoms with Gasteiger partial charge in [-0.25, -0.2) is 18.0 Å². The van der Waals surface area contributed by atoms with Crippen molar-refractivity contribution in [2.24, 2.45) is 0 Å². The topological polar surface area (TPSA) is 37.3 Å². The molecule has 1 aromatic carbocycles. The molecule has 0 aliphatic rings. The van der Waals surface area contributed by atoms with E-state index in [1.807, 2.05) is 0 Å². The van der Waals surface area contributed by atoms with E-state index in [1.165, 1.54) is 0 Å². The van der Waals surface area contributed by atoms with Crippen LogP contribution < -0.4 is 0 Å². The van der Waals surface area contributed by atoms with E-state index in [9.17, 15) is 18.0 Å². The fraction of sp³-hybridized carbons (Fsp3) is 0.100. The van der Waals surface area contributed by atoms with E-state index in [0.717, 1.165) is 12.2 Å². The third kappa shape index (κ3) is 3.12. The van der Waals surface area contributed by atoms with E-state index < -0.39 is 23.4 Å². The summed E-state index contributed by atoms with van der Waals surface area (Å²) < 4.78 is 38.1. The maximum absolute atomic E-state index is 13.0. The van der Waals surface area contributed by atoms with Crippen LogP contribution in [0.2, 0.25) is 0 Å². The van der Waals surface area contributed by atoms with Crippen molar-refractivity contribution in [2.45, 2.75) is 6.42 Å². The van der Waals surface area contributed by atoms with E-state index in [-0.39, 0.29) is 12.0 Å². The molecular weight excluding hydrogens is 209 g/mol. The SMILES string of the molecule is O=C(O)/C=C/Cc1cc(F)c(F)cc1F. The minimum absolute atomic E-state index is 0.0913. The summed E-state index contributed by atoms with van der Waals surface area (Å²) in [6.45, 7) is 0. The van der Waals surface area contributed by atoms with Gasteiger partial charge in [0, 0.05) is 12.1 Å². The summed E-state index contributed by atoms with van der Waals surface area (Å²) in [4.78, 5) is 10.1. The number of benzene rings is 1. The second-order valence-corrected chi connectivity index (χ2v) is 2.80. The Morgan fingerprint density at radius 2 is 1.80 bits per heavy atom. The Kier molecular flexibility index (Phi) is 3.49. The molecule has 0 fully saturated rings. The number of carboxylic acids is 1. The van der Waals surface area contributed by atoms with Crippen LogP contribution in [0, 0.1) is 17.5 Å². The van der Waals surface area contributed by atoms with Crippen LogP contribution in [0.3, 0.4) is 0 Å². The number of carboxylic acid groups (broad SMARTS) is 1. The number of hydrogen-bond donors (Lipinski definition) is 1. The standard InChI is InChI=1S/C10H7F3O2/c11-7-5-9(13)8(12)4-6(7)2-1-3-10(14)15/h1,3-5H,2H2,(H,14,15)/b3-1+. The molecule has 0 bridgehead atoms. The average molecular weight is 216 g/mol. The van der Waals surface area contributed by atoms with Crippen LogP contribution in [0.15, 0.2) is 24.3 Å². The molecule has 0 aliphatic carbocycles. The highest BCUT2D eigenvalue weighted by atomic mass is 19.2. The third-order valence-corrected chi connectivity index (χ3v) is 1.69. The minimum atomic E-state index is -1.27. The molecular formula is C10H7F3O2. The second-order valence-electron chi connectivity index (χ2n) is 2.80. The number of carbonyl (C=O) groups is 1. The third-order valence-electron chi connectivity index (χ3n) is 1.69. The van der Waals surface area contributed by atoms with Gasteiger partial charge >= 0.3 is 5.97 Å². The molecule has 0 spiro atoms. The maximum Gasteiger partial charge on any atom is 0.327 e. The van der Waals surface area contributed by atoms with Crippen molar-refractivity contribution in [3.8, 4) is 0 Å². The smallest absolute Gasteiger partial charge is 0.327 e. The Bertz CT molecular complexity index is 413. The lowest BCUT2D eigenvalue weighted by Crippen LogP contribution is -1.95. The summed E-state index contributed by atoms with van der Waals surface area (Å²) in [5, 5.41) is 8.24. The van der Waals surface area contributed by atoms with E-state index in [2.05, 4.69) is 0 Å². The molecule has 1 rings (SSSR count). The normalized spacial score (nSPS) is 10.9. The summed E-state index contributed by atoms with van der Waals surface area (Å²) in [7, 11) is 0. The van der Waals surface area contributed by atoms with Gasteiger partial charge in [0.1, 0.15) is 5.82 Å². The van der Waals surface area contributed by atoms with Gasteiger partial charge in [0.2, 0.25) is 0 Å². The lowest BCUT2D eigenvalue weighted by Gasteiger charge is -2.00. The van der Waals surface area contributed by atoms with Crippen molar-refractivity contribution >= 4 is 5.97 Å². The molecule has 0 aliphatic heterocycles. The number of aliphatic carboxylic acids is 1. The first-order valence-corrected chi connectivity index (χ1v) is 4.03. The number of halogens is 3. The van der Waals surface area contributed by atoms with E-state index >= 15 is 0 Å². The Morgan fingerprint density at radius 3 is 2.40 bits per heavy atom. The quantitative estimate of drug-likeness (QED) is 0.621. The van der Waals surface area contributed by atoms with Crippen LogP contribution in [0.1, 0.15) is 5.56 Å². The Hall–Kier alpha value is -1.78. The number of rotatable bonds is 3. The van der Waals surface area contributed by atoms with Gasteiger partial charge in [-0.1, -0.05) is 6.08 Å². The van der Waals surface area contributed by atoms with Gasteiger partial charge < -0.3 is 5.11 Å². The zero-order valence-electron chi connectivity index (χ0n) is 7.51. The Labute approximate surface area is 83.7 Å². The summed E-state index contributed by atoms with van der Waals surface area (Å²) in [5.74, 6) is -4.50. The highest BCUT2D eigenvalue weighted by Gasteiger charge is 2.08. The summed E-state index contributed by atoms with van der Waals surface area (Å²) in [6, 6.07) is 1.14. The van der Waals surface area contributed by atoms with Crippen LogP contribution in [0.25, 0.3) is 0 Å². The zero-order chi connectivity index (χ0) is 11.4. The predicted octanol–water partition coefficient (Wildman–Crippen LogP) is 2.29. The Morgan fingerprint density at radius 1 is 1.20 bits per heavy atom. The average Bonchev–Trinajstić information content (AvgIpc) is 2.13. The molecule has 0 aromatic heterocycles. The Balaban J connectivity index is 2.86. The lowest BCUT2D eigenvalue weighted by molar-refractivity contribution is -0.131. The first kappa shape index (κ1) is 11.3. The van der Waals surface area contributed by atoms with Crippen molar-refractivity contribution < 1.29 is 23.1 Å². The van der Waals surface area contributed by atoms with Crippen LogP contribution in [-0.4, -0.2) is 11.1 Å². The molecule has 0 amide bonds. The molecule has 0 saturated carbocycles. The summed E-state index contributed by atoms with van der Waals surface area (Å²) in [5.41, 5.74) is -0.0913. The summed E-state index contributed by atoms with van der Waals surface area (Å²) >= 11 is 0. The molecule has 0 radical (unpaired) electrons. The van der Waals surface area contributed by atoms with E-state index in [1.54, 1.807) is 0 Å². The summed E-state index contributed by atoms with van der Waals surface area (Å²) in [6.07, 6.45) is 1.86. The fourth-order valence-electron chi connectivity index (χ4n) is 1.01. The number of hydrogen-bond acceptors (Lipinski definition) is 1. The predicted molar refractivity (Wildman–Crippen MR) is 46.8 cm³/mol. The van der Waals surface area contributed by atoms with Crippen molar-refractivity contribution in [1.29, 1.82) is 0 Å². The van der Waals surface area contributed by atoms with Gasteiger partial charge in [-0.15, -0.1) is 0 Å². The van der Waals surface area contributed by atoms with Gasteiger partial charge in [-0.05, 0) is 18.1 Å². The van der Waals surface area contributed by atoms with Crippen molar-refractivity contribution in [3.05, 3.63) is 47.3 Å². The van der Waals surface area contributed by atoms with Gasteiger partial charge in [-0.3, -0.25) is 0 Å². The molecule has 80 valence electrons. The molecule has 0 heterocycles. The molecule has 0 atom stereocenters. The van der Waals surface area contributed by atoms with E-state index in [0.29, 0.717) is 12.1 Å². The highest BCUT2D eigenvalue weighted by Crippen LogP contribution is 2.14.